The Kier molecular flexibility index (Phi) is 5.84. The summed E-state index contributed by atoms with van der Waals surface area (Å²) in [6.45, 7) is 2.67. The number of aliphatic hydroxyl groups is 1. The minimum atomic E-state index is -1.42. The number of ether oxygens (including phenoxy) is 1. The van der Waals surface area contributed by atoms with Crippen LogP contribution in [0, 0.1) is 10.1 Å². The van der Waals surface area contributed by atoms with Crippen molar-refractivity contribution >= 4 is 5.97 Å². The van der Waals surface area contributed by atoms with E-state index in [-0.39, 0.29) is 19.0 Å². The lowest BCUT2D eigenvalue weighted by Crippen LogP contribution is -2.35. The Labute approximate surface area is 88.4 Å². The molecule has 0 bridgehead atoms. The first-order valence-electron chi connectivity index (χ1n) is 4.87. The molecule has 0 heterocycles. The molecule has 0 rings (SSSR count). The highest BCUT2D eigenvalue weighted by molar-refractivity contribution is 5.69. The van der Waals surface area contributed by atoms with E-state index in [1.54, 1.807) is 0 Å². The molecule has 0 aliphatic heterocycles. The summed E-state index contributed by atoms with van der Waals surface area (Å²) in [5, 5.41) is 19.6. The highest BCUT2D eigenvalue weighted by Gasteiger charge is 2.27. The second-order valence-corrected chi connectivity index (χ2v) is 3.71. The Morgan fingerprint density at radius 1 is 1.60 bits per heavy atom. The van der Waals surface area contributed by atoms with E-state index in [2.05, 4.69) is 0 Å². The lowest BCUT2D eigenvalue weighted by Gasteiger charge is -2.17. The van der Waals surface area contributed by atoms with Crippen LogP contribution in [0.25, 0.3) is 0 Å². The molecule has 6 nitrogen and oxygen atoms in total. The van der Waals surface area contributed by atoms with Gasteiger partial charge in [0.15, 0.2) is 0 Å². The highest BCUT2D eigenvalue weighted by Crippen LogP contribution is 2.09. The van der Waals surface area contributed by atoms with Crippen molar-refractivity contribution in [2.24, 2.45) is 0 Å². The van der Waals surface area contributed by atoms with E-state index in [1.807, 2.05) is 6.92 Å². The largest absolute Gasteiger partial charge is 0.466 e. The van der Waals surface area contributed by atoms with Crippen molar-refractivity contribution < 1.29 is 19.6 Å². The number of nitrogens with zero attached hydrogens (tertiary/aromatic N) is 1. The quantitative estimate of drug-likeness (QED) is 0.387. The van der Waals surface area contributed by atoms with Crippen molar-refractivity contribution in [3.8, 4) is 0 Å². The predicted molar refractivity (Wildman–Crippen MR) is 53.0 cm³/mol. The summed E-state index contributed by atoms with van der Waals surface area (Å²) in [4.78, 5) is 20.5. The number of rotatable bonds is 7. The smallest absolute Gasteiger partial charge is 0.305 e. The molecule has 0 aromatic carbocycles. The van der Waals surface area contributed by atoms with Gasteiger partial charge in [0.05, 0.1) is 6.61 Å². The summed E-state index contributed by atoms with van der Waals surface area (Å²) >= 11 is 0. The minimum Gasteiger partial charge on any atom is -0.466 e. The zero-order valence-electron chi connectivity index (χ0n) is 9.06. The molecule has 0 aromatic rings. The molecule has 0 radical (unpaired) electrons. The van der Waals surface area contributed by atoms with Gasteiger partial charge in [-0.1, -0.05) is 6.92 Å². The maximum absolute atomic E-state index is 10.9. The Morgan fingerprint density at radius 2 is 2.20 bits per heavy atom. The molecule has 0 aromatic heterocycles. The normalized spacial score (nSPS) is 14.3. The van der Waals surface area contributed by atoms with Gasteiger partial charge in [-0.05, 0) is 13.3 Å². The van der Waals surface area contributed by atoms with Crippen LogP contribution in [-0.2, 0) is 9.53 Å². The summed E-state index contributed by atoms with van der Waals surface area (Å²) < 4.78 is 4.78. The third-order valence-corrected chi connectivity index (χ3v) is 1.83. The second-order valence-electron chi connectivity index (χ2n) is 3.71. The molecule has 6 heteroatoms. The summed E-state index contributed by atoms with van der Waals surface area (Å²) in [6.07, 6.45) is 1.10. The minimum absolute atomic E-state index is 0.0136. The van der Waals surface area contributed by atoms with Crippen LogP contribution in [0.2, 0.25) is 0 Å². The first-order valence-corrected chi connectivity index (χ1v) is 4.87. The Balaban J connectivity index is 3.74. The van der Waals surface area contributed by atoms with Gasteiger partial charge in [-0.15, -0.1) is 0 Å². The van der Waals surface area contributed by atoms with E-state index in [9.17, 15) is 20.0 Å². The van der Waals surface area contributed by atoms with Crippen molar-refractivity contribution in [3.05, 3.63) is 10.1 Å². The molecule has 0 fully saturated rings. The molecule has 0 spiro atoms. The lowest BCUT2D eigenvalue weighted by molar-refractivity contribution is -0.500. The van der Waals surface area contributed by atoms with Crippen LogP contribution in [0.5, 0.6) is 0 Å². The fourth-order valence-corrected chi connectivity index (χ4v) is 1.02. The van der Waals surface area contributed by atoms with Crippen LogP contribution in [-0.4, -0.2) is 34.8 Å². The van der Waals surface area contributed by atoms with Gasteiger partial charge in [-0.2, -0.15) is 0 Å². The van der Waals surface area contributed by atoms with Crippen LogP contribution in [0.15, 0.2) is 0 Å². The molecule has 0 saturated heterocycles. The van der Waals surface area contributed by atoms with Gasteiger partial charge >= 0.3 is 5.97 Å². The molecule has 0 aliphatic carbocycles. The Morgan fingerprint density at radius 3 is 2.67 bits per heavy atom. The number of carbonyl (C=O) groups excluding carboxylic acids is 1. The standard InChI is InChI=1S/C9H17NO5/c1-3-4-8(11)15-6-5-9(2,12)7-10(13)14/h12H,3-7H2,1-2H3. The average Bonchev–Trinajstić information content (AvgIpc) is 2.01. The molecule has 15 heavy (non-hydrogen) atoms. The zero-order valence-corrected chi connectivity index (χ0v) is 9.06. The number of hydrogen-bond acceptors (Lipinski definition) is 5. The predicted octanol–water partition coefficient (Wildman–Crippen LogP) is 0.747. The van der Waals surface area contributed by atoms with Crippen LogP contribution in [0.1, 0.15) is 33.1 Å². The third kappa shape index (κ3) is 7.87. The maximum Gasteiger partial charge on any atom is 0.305 e. The molecular formula is C9H17NO5. The van der Waals surface area contributed by atoms with Crippen molar-refractivity contribution in [1.29, 1.82) is 0 Å². The average molecular weight is 219 g/mol. The molecule has 1 N–H and O–H groups in total. The van der Waals surface area contributed by atoms with Crippen LogP contribution < -0.4 is 0 Å². The summed E-state index contributed by atoms with van der Waals surface area (Å²) in [5.74, 6) is -0.339. The molecule has 0 saturated carbocycles. The second kappa shape index (κ2) is 6.34. The van der Waals surface area contributed by atoms with Crippen LogP contribution >= 0.6 is 0 Å². The fourth-order valence-electron chi connectivity index (χ4n) is 1.02. The first-order chi connectivity index (χ1) is 6.87. The van der Waals surface area contributed by atoms with E-state index < -0.39 is 17.1 Å². The summed E-state index contributed by atoms with van der Waals surface area (Å²) in [6, 6.07) is 0. The van der Waals surface area contributed by atoms with Crippen molar-refractivity contribution in [1.82, 2.24) is 0 Å². The molecule has 0 aliphatic rings. The number of hydrogen-bond donors (Lipinski definition) is 1. The number of esters is 1. The van der Waals surface area contributed by atoms with Gasteiger partial charge in [0.1, 0.15) is 5.60 Å². The fraction of sp³-hybridized carbons (Fsp3) is 0.889. The first kappa shape index (κ1) is 13.8. The highest BCUT2D eigenvalue weighted by atomic mass is 16.6. The van der Waals surface area contributed by atoms with Gasteiger partial charge in [-0.3, -0.25) is 14.9 Å². The van der Waals surface area contributed by atoms with Crippen molar-refractivity contribution in [2.45, 2.75) is 38.7 Å². The molecule has 0 amide bonds. The number of carbonyl (C=O) groups is 1. The van der Waals surface area contributed by atoms with E-state index in [0.29, 0.717) is 12.8 Å². The van der Waals surface area contributed by atoms with Gasteiger partial charge in [0.2, 0.25) is 6.54 Å². The molecular weight excluding hydrogens is 202 g/mol. The summed E-state index contributed by atoms with van der Waals surface area (Å²) in [5.41, 5.74) is -1.42. The van der Waals surface area contributed by atoms with Crippen LogP contribution in [0.3, 0.4) is 0 Å². The van der Waals surface area contributed by atoms with E-state index in [0.717, 1.165) is 0 Å². The SMILES string of the molecule is CCCC(=O)OCCC(C)(O)C[N+](=O)[O-]. The molecule has 88 valence electrons. The monoisotopic (exact) mass is 219 g/mol. The molecule has 1 atom stereocenters. The number of nitro groups is 1. The third-order valence-electron chi connectivity index (χ3n) is 1.83. The Bertz CT molecular complexity index is 227. The zero-order chi connectivity index (χ0) is 11.9. The van der Waals surface area contributed by atoms with E-state index in [1.165, 1.54) is 6.92 Å². The Hall–Kier alpha value is -1.17. The molecule has 1 unspecified atom stereocenters. The van der Waals surface area contributed by atoms with Gasteiger partial charge in [0, 0.05) is 17.8 Å². The van der Waals surface area contributed by atoms with Gasteiger partial charge < -0.3 is 9.84 Å². The lowest BCUT2D eigenvalue weighted by atomic mass is 10.0. The van der Waals surface area contributed by atoms with Crippen molar-refractivity contribution in [3.63, 3.8) is 0 Å². The maximum atomic E-state index is 10.9. The summed E-state index contributed by atoms with van der Waals surface area (Å²) in [7, 11) is 0. The van der Waals surface area contributed by atoms with Gasteiger partial charge in [-0.25, -0.2) is 0 Å². The van der Waals surface area contributed by atoms with Crippen LogP contribution in [0.4, 0.5) is 0 Å². The van der Waals surface area contributed by atoms with Gasteiger partial charge in [0.25, 0.3) is 0 Å². The van der Waals surface area contributed by atoms with E-state index in [4.69, 9.17) is 4.74 Å². The van der Waals surface area contributed by atoms with Crippen molar-refractivity contribution in [2.75, 3.05) is 13.2 Å². The van der Waals surface area contributed by atoms with E-state index >= 15 is 0 Å². The topological polar surface area (TPSA) is 89.7 Å².